The van der Waals surface area contributed by atoms with E-state index in [4.69, 9.17) is 16.3 Å². The van der Waals surface area contributed by atoms with Crippen LogP contribution in [0.1, 0.15) is 21.6 Å². The van der Waals surface area contributed by atoms with Crippen molar-refractivity contribution in [1.29, 1.82) is 0 Å². The molecule has 0 saturated heterocycles. The highest BCUT2D eigenvalue weighted by Gasteiger charge is 2.18. The van der Waals surface area contributed by atoms with E-state index in [9.17, 15) is 9.59 Å². The molecule has 0 atom stereocenters. The second kappa shape index (κ2) is 6.19. The lowest BCUT2D eigenvalue weighted by Crippen LogP contribution is -2.31. The fourth-order valence-electron chi connectivity index (χ4n) is 2.02. The van der Waals surface area contributed by atoms with Crippen LogP contribution < -0.4 is 15.6 Å². The van der Waals surface area contributed by atoms with Crippen LogP contribution in [0.15, 0.2) is 23.0 Å². The third-order valence-electron chi connectivity index (χ3n) is 3.38. The fourth-order valence-corrected chi connectivity index (χ4v) is 2.24. The average Bonchev–Trinajstić information content (AvgIpc) is 2.47. The molecule has 0 bridgehead atoms. The van der Waals surface area contributed by atoms with Crippen molar-refractivity contribution >= 4 is 23.2 Å². The lowest BCUT2D eigenvalue weighted by atomic mass is 10.1. The zero-order chi connectivity index (χ0) is 16.4. The Morgan fingerprint density at radius 2 is 2.05 bits per heavy atom. The Morgan fingerprint density at radius 1 is 1.36 bits per heavy atom. The molecule has 0 radical (unpaired) electrons. The number of aromatic nitrogens is 2. The summed E-state index contributed by atoms with van der Waals surface area (Å²) in [6, 6.07) is 4.87. The zero-order valence-electron chi connectivity index (χ0n) is 12.7. The van der Waals surface area contributed by atoms with E-state index >= 15 is 0 Å². The highest BCUT2D eigenvalue weighted by Crippen LogP contribution is 2.27. The maximum atomic E-state index is 12.4. The number of hydrogen-bond donors (Lipinski definition) is 1. The number of benzene rings is 1. The number of carbonyl (C=O) groups is 1. The molecule has 0 unspecified atom stereocenters. The summed E-state index contributed by atoms with van der Waals surface area (Å²) in [5.74, 6) is 0.0607. The van der Waals surface area contributed by atoms with Crippen molar-refractivity contribution < 1.29 is 9.53 Å². The molecule has 0 aliphatic carbocycles. The number of hydrogen-bond acceptors (Lipinski definition) is 4. The van der Waals surface area contributed by atoms with E-state index in [1.54, 1.807) is 32.0 Å². The molecule has 0 aliphatic heterocycles. The van der Waals surface area contributed by atoms with Crippen molar-refractivity contribution in [2.75, 3.05) is 12.4 Å². The van der Waals surface area contributed by atoms with Crippen molar-refractivity contribution in [3.05, 3.63) is 50.4 Å². The molecule has 0 saturated carbocycles. The van der Waals surface area contributed by atoms with Crippen molar-refractivity contribution in [2.24, 2.45) is 7.05 Å². The van der Waals surface area contributed by atoms with Gasteiger partial charge in [-0.1, -0.05) is 11.6 Å². The Labute approximate surface area is 132 Å². The fraction of sp³-hybridized carbons (Fsp3) is 0.267. The minimum absolute atomic E-state index is 0.0573. The first-order chi connectivity index (χ1) is 10.3. The first kappa shape index (κ1) is 16.0. The second-order valence-corrected chi connectivity index (χ2v) is 5.22. The molecule has 1 aromatic heterocycles. The van der Waals surface area contributed by atoms with E-state index in [0.717, 1.165) is 4.68 Å². The standard InChI is InChI=1S/C15H16ClN3O3/c1-8-9(2)18-19(3)15(21)13(8)14(20)17-12-6-5-10(22-4)7-11(12)16/h5-7H,1-4H3,(H,17,20). The third-order valence-corrected chi connectivity index (χ3v) is 3.69. The van der Waals surface area contributed by atoms with Crippen LogP contribution in [0.25, 0.3) is 0 Å². The molecule has 6 nitrogen and oxygen atoms in total. The lowest BCUT2D eigenvalue weighted by Gasteiger charge is -2.11. The number of nitrogens with zero attached hydrogens (tertiary/aromatic N) is 2. The van der Waals surface area contributed by atoms with Crippen molar-refractivity contribution in [3.8, 4) is 5.75 Å². The van der Waals surface area contributed by atoms with Crippen LogP contribution in [0.4, 0.5) is 5.69 Å². The van der Waals surface area contributed by atoms with Gasteiger partial charge in [0.2, 0.25) is 0 Å². The topological polar surface area (TPSA) is 73.2 Å². The summed E-state index contributed by atoms with van der Waals surface area (Å²) in [7, 11) is 3.03. The molecule has 1 heterocycles. The quantitative estimate of drug-likeness (QED) is 0.941. The number of aryl methyl sites for hydroxylation is 2. The summed E-state index contributed by atoms with van der Waals surface area (Å²) in [6.07, 6.45) is 0. The molecular formula is C15H16ClN3O3. The van der Waals surface area contributed by atoms with Gasteiger partial charge < -0.3 is 10.1 Å². The molecule has 7 heteroatoms. The predicted molar refractivity (Wildman–Crippen MR) is 84.9 cm³/mol. The number of methoxy groups -OCH3 is 1. The number of amides is 1. The average molecular weight is 322 g/mol. The van der Waals surface area contributed by atoms with Crippen LogP contribution in [-0.2, 0) is 7.05 Å². The van der Waals surface area contributed by atoms with Gasteiger partial charge in [-0.25, -0.2) is 4.68 Å². The van der Waals surface area contributed by atoms with Crippen molar-refractivity contribution in [1.82, 2.24) is 9.78 Å². The Kier molecular flexibility index (Phi) is 4.51. The first-order valence-electron chi connectivity index (χ1n) is 6.54. The van der Waals surface area contributed by atoms with Gasteiger partial charge in [0.1, 0.15) is 11.3 Å². The van der Waals surface area contributed by atoms with E-state index < -0.39 is 11.5 Å². The third kappa shape index (κ3) is 2.96. The summed E-state index contributed by atoms with van der Waals surface area (Å²) in [4.78, 5) is 24.6. The van der Waals surface area contributed by atoms with E-state index in [1.165, 1.54) is 14.2 Å². The highest BCUT2D eigenvalue weighted by molar-refractivity contribution is 6.34. The Bertz CT molecular complexity index is 799. The van der Waals surface area contributed by atoms with Gasteiger partial charge in [-0.15, -0.1) is 0 Å². The van der Waals surface area contributed by atoms with Gasteiger partial charge in [0.05, 0.1) is 23.5 Å². The molecule has 1 aromatic carbocycles. The van der Waals surface area contributed by atoms with Crippen molar-refractivity contribution in [3.63, 3.8) is 0 Å². The Morgan fingerprint density at radius 3 is 2.64 bits per heavy atom. The van der Waals surface area contributed by atoms with Crippen LogP contribution in [0.2, 0.25) is 5.02 Å². The molecule has 1 amide bonds. The minimum atomic E-state index is -0.518. The van der Waals surface area contributed by atoms with Crippen LogP contribution >= 0.6 is 11.6 Å². The van der Waals surface area contributed by atoms with Crippen LogP contribution in [0.5, 0.6) is 5.75 Å². The maximum absolute atomic E-state index is 12.4. The summed E-state index contributed by atoms with van der Waals surface area (Å²) in [5.41, 5.74) is 1.17. The summed E-state index contributed by atoms with van der Waals surface area (Å²) in [6.45, 7) is 3.43. The van der Waals surface area contributed by atoms with E-state index in [0.29, 0.717) is 27.7 Å². The van der Waals surface area contributed by atoms with E-state index in [-0.39, 0.29) is 5.56 Å². The highest BCUT2D eigenvalue weighted by atomic mass is 35.5. The van der Waals surface area contributed by atoms with Gasteiger partial charge in [0.15, 0.2) is 0 Å². The number of anilines is 1. The predicted octanol–water partition coefficient (Wildman–Crippen LogP) is 2.31. The van der Waals surface area contributed by atoms with Gasteiger partial charge >= 0.3 is 0 Å². The Balaban J connectivity index is 2.41. The number of nitrogens with one attached hydrogen (secondary N) is 1. The lowest BCUT2D eigenvalue weighted by molar-refractivity contribution is 0.102. The Hall–Kier alpha value is -2.34. The molecule has 116 valence electrons. The molecule has 2 rings (SSSR count). The van der Waals surface area contributed by atoms with Gasteiger partial charge in [-0.3, -0.25) is 9.59 Å². The normalized spacial score (nSPS) is 10.4. The molecule has 0 spiro atoms. The summed E-state index contributed by atoms with van der Waals surface area (Å²) in [5, 5.41) is 7.02. The molecular weight excluding hydrogens is 306 g/mol. The number of halogens is 1. The summed E-state index contributed by atoms with van der Waals surface area (Å²) >= 11 is 6.09. The molecule has 0 fully saturated rings. The molecule has 1 N–H and O–H groups in total. The van der Waals surface area contributed by atoms with E-state index in [2.05, 4.69) is 10.4 Å². The smallest absolute Gasteiger partial charge is 0.279 e. The minimum Gasteiger partial charge on any atom is -0.497 e. The van der Waals surface area contributed by atoms with Gasteiger partial charge in [0, 0.05) is 13.1 Å². The van der Waals surface area contributed by atoms with E-state index in [1.807, 2.05) is 0 Å². The summed E-state index contributed by atoms with van der Waals surface area (Å²) < 4.78 is 6.20. The van der Waals surface area contributed by atoms with Gasteiger partial charge in [-0.05, 0) is 31.5 Å². The number of carbonyl (C=O) groups excluding carboxylic acids is 1. The molecule has 0 aliphatic rings. The van der Waals surface area contributed by atoms with Crippen LogP contribution in [0, 0.1) is 13.8 Å². The molecule has 22 heavy (non-hydrogen) atoms. The maximum Gasteiger partial charge on any atom is 0.279 e. The monoisotopic (exact) mass is 321 g/mol. The molecule has 2 aromatic rings. The SMILES string of the molecule is COc1ccc(NC(=O)c2c(C)c(C)nn(C)c2=O)c(Cl)c1. The zero-order valence-corrected chi connectivity index (χ0v) is 13.5. The van der Waals surface area contributed by atoms with Gasteiger partial charge in [0.25, 0.3) is 11.5 Å². The van der Waals surface area contributed by atoms with Crippen LogP contribution in [0.3, 0.4) is 0 Å². The second-order valence-electron chi connectivity index (χ2n) is 4.81. The largest absolute Gasteiger partial charge is 0.497 e. The van der Waals surface area contributed by atoms with Gasteiger partial charge in [-0.2, -0.15) is 5.10 Å². The number of rotatable bonds is 3. The van der Waals surface area contributed by atoms with Crippen molar-refractivity contribution in [2.45, 2.75) is 13.8 Å². The van der Waals surface area contributed by atoms with Crippen LogP contribution in [-0.4, -0.2) is 22.8 Å². The number of ether oxygens (including phenoxy) is 1. The first-order valence-corrected chi connectivity index (χ1v) is 6.92.